The lowest BCUT2D eigenvalue weighted by atomic mass is 9.99. The maximum atomic E-state index is 13.2. The second-order valence-corrected chi connectivity index (χ2v) is 5.83. The van der Waals surface area contributed by atoms with Crippen molar-refractivity contribution in [1.82, 2.24) is 0 Å². The first kappa shape index (κ1) is 16.0. The van der Waals surface area contributed by atoms with E-state index in [9.17, 15) is 4.39 Å². The molecule has 0 amide bonds. The predicted molar refractivity (Wildman–Crippen MR) is 87.0 cm³/mol. The van der Waals surface area contributed by atoms with E-state index >= 15 is 0 Å². The van der Waals surface area contributed by atoms with Crippen molar-refractivity contribution in [2.45, 2.75) is 25.8 Å². The molecule has 0 aliphatic carbocycles. The Morgan fingerprint density at radius 1 is 1.24 bits per heavy atom. The molecule has 2 rings (SSSR count). The lowest BCUT2D eigenvalue weighted by Crippen LogP contribution is -2.13. The van der Waals surface area contributed by atoms with Gasteiger partial charge in [0, 0.05) is 6.04 Å². The molecule has 2 nitrogen and oxygen atoms in total. The normalized spacial score (nSPS) is 12.2. The SMILES string of the molecule is CCCOc1cccc(C(N)Cc2ccc(F)c(Br)c2)c1. The fourth-order valence-corrected chi connectivity index (χ4v) is 2.52. The van der Waals surface area contributed by atoms with Crippen LogP contribution in [0.3, 0.4) is 0 Å². The van der Waals surface area contributed by atoms with Gasteiger partial charge in [0.15, 0.2) is 0 Å². The van der Waals surface area contributed by atoms with Crippen LogP contribution >= 0.6 is 15.9 Å². The molecular formula is C17H19BrFNO. The van der Waals surface area contributed by atoms with Crippen molar-refractivity contribution in [2.75, 3.05) is 6.61 Å². The van der Waals surface area contributed by atoms with Crippen LogP contribution in [0.2, 0.25) is 0 Å². The van der Waals surface area contributed by atoms with Gasteiger partial charge in [0.05, 0.1) is 11.1 Å². The lowest BCUT2D eigenvalue weighted by Gasteiger charge is -2.14. The molecule has 112 valence electrons. The van der Waals surface area contributed by atoms with Crippen LogP contribution in [-0.4, -0.2) is 6.61 Å². The maximum Gasteiger partial charge on any atom is 0.137 e. The van der Waals surface area contributed by atoms with Crippen LogP contribution in [0.4, 0.5) is 4.39 Å². The molecule has 21 heavy (non-hydrogen) atoms. The molecule has 2 aromatic rings. The third-order valence-corrected chi connectivity index (χ3v) is 3.81. The summed E-state index contributed by atoms with van der Waals surface area (Å²) in [7, 11) is 0. The molecule has 0 aliphatic heterocycles. The fourth-order valence-electron chi connectivity index (χ4n) is 2.09. The summed E-state index contributed by atoms with van der Waals surface area (Å²) in [4.78, 5) is 0. The zero-order chi connectivity index (χ0) is 15.2. The Labute approximate surface area is 133 Å². The van der Waals surface area contributed by atoms with E-state index in [0.717, 1.165) is 23.3 Å². The van der Waals surface area contributed by atoms with Crippen LogP contribution in [0.25, 0.3) is 0 Å². The van der Waals surface area contributed by atoms with E-state index in [2.05, 4.69) is 22.9 Å². The molecule has 0 fully saturated rings. The van der Waals surface area contributed by atoms with Crippen LogP contribution in [0.5, 0.6) is 5.75 Å². The zero-order valence-electron chi connectivity index (χ0n) is 12.0. The van der Waals surface area contributed by atoms with Crippen molar-refractivity contribution < 1.29 is 9.13 Å². The third kappa shape index (κ3) is 4.55. The molecule has 4 heteroatoms. The van der Waals surface area contributed by atoms with Gasteiger partial charge in [-0.2, -0.15) is 0 Å². The molecule has 0 spiro atoms. The van der Waals surface area contributed by atoms with Crippen LogP contribution in [0.1, 0.15) is 30.5 Å². The topological polar surface area (TPSA) is 35.2 Å². The van der Waals surface area contributed by atoms with E-state index in [4.69, 9.17) is 10.5 Å². The Kier molecular flexibility index (Phi) is 5.76. The molecule has 0 heterocycles. The number of nitrogens with two attached hydrogens (primary N) is 1. The van der Waals surface area contributed by atoms with Gasteiger partial charge < -0.3 is 10.5 Å². The number of hydrogen-bond donors (Lipinski definition) is 1. The highest BCUT2D eigenvalue weighted by atomic mass is 79.9. The fraction of sp³-hybridized carbons (Fsp3) is 0.294. The Morgan fingerprint density at radius 2 is 2.05 bits per heavy atom. The summed E-state index contributed by atoms with van der Waals surface area (Å²) >= 11 is 3.20. The summed E-state index contributed by atoms with van der Waals surface area (Å²) in [6.07, 6.45) is 1.62. The molecule has 0 radical (unpaired) electrons. The first-order valence-corrected chi connectivity index (χ1v) is 7.81. The molecule has 0 bridgehead atoms. The first-order valence-electron chi connectivity index (χ1n) is 7.02. The van der Waals surface area contributed by atoms with Gasteiger partial charge in [-0.05, 0) is 64.2 Å². The minimum absolute atomic E-state index is 0.146. The average Bonchev–Trinajstić information content (AvgIpc) is 2.49. The van der Waals surface area contributed by atoms with E-state index in [-0.39, 0.29) is 11.9 Å². The summed E-state index contributed by atoms with van der Waals surface area (Å²) < 4.78 is 19.3. The number of rotatable bonds is 6. The highest BCUT2D eigenvalue weighted by Gasteiger charge is 2.10. The van der Waals surface area contributed by atoms with Crippen molar-refractivity contribution in [3.8, 4) is 5.75 Å². The van der Waals surface area contributed by atoms with Crippen molar-refractivity contribution in [3.63, 3.8) is 0 Å². The predicted octanol–water partition coefficient (Wildman–Crippen LogP) is 4.62. The highest BCUT2D eigenvalue weighted by molar-refractivity contribution is 9.10. The van der Waals surface area contributed by atoms with Gasteiger partial charge in [-0.25, -0.2) is 4.39 Å². The van der Waals surface area contributed by atoms with Gasteiger partial charge >= 0.3 is 0 Å². The van der Waals surface area contributed by atoms with Crippen molar-refractivity contribution >= 4 is 15.9 Å². The molecular weight excluding hydrogens is 333 g/mol. The quantitative estimate of drug-likeness (QED) is 0.823. The zero-order valence-corrected chi connectivity index (χ0v) is 13.6. The van der Waals surface area contributed by atoms with Gasteiger partial charge in [0.2, 0.25) is 0 Å². The first-order chi connectivity index (χ1) is 10.1. The summed E-state index contributed by atoms with van der Waals surface area (Å²) in [6.45, 7) is 2.77. The molecule has 2 N–H and O–H groups in total. The van der Waals surface area contributed by atoms with Gasteiger partial charge in [-0.15, -0.1) is 0 Å². The van der Waals surface area contributed by atoms with Gasteiger partial charge in [-0.3, -0.25) is 0 Å². The van der Waals surface area contributed by atoms with Crippen LogP contribution in [0, 0.1) is 5.82 Å². The summed E-state index contributed by atoms with van der Waals surface area (Å²) in [5, 5.41) is 0. The standard InChI is InChI=1S/C17H19BrFNO/c1-2-8-21-14-5-3-4-13(11-14)17(20)10-12-6-7-16(19)15(18)9-12/h3-7,9,11,17H,2,8,10,20H2,1H3. The lowest BCUT2D eigenvalue weighted by molar-refractivity contribution is 0.317. The van der Waals surface area contributed by atoms with E-state index in [1.165, 1.54) is 6.07 Å². The van der Waals surface area contributed by atoms with E-state index in [1.807, 2.05) is 24.3 Å². The van der Waals surface area contributed by atoms with Gasteiger partial charge in [0.1, 0.15) is 11.6 Å². The van der Waals surface area contributed by atoms with Crippen molar-refractivity contribution in [1.29, 1.82) is 0 Å². The molecule has 1 unspecified atom stereocenters. The van der Waals surface area contributed by atoms with Crippen LogP contribution in [0.15, 0.2) is 46.9 Å². The van der Waals surface area contributed by atoms with Crippen molar-refractivity contribution in [2.24, 2.45) is 5.73 Å². The Hall–Kier alpha value is -1.39. The average molecular weight is 352 g/mol. The molecule has 0 aliphatic rings. The van der Waals surface area contributed by atoms with Gasteiger partial charge in [0.25, 0.3) is 0 Å². The molecule has 0 aromatic heterocycles. The van der Waals surface area contributed by atoms with E-state index in [1.54, 1.807) is 12.1 Å². The van der Waals surface area contributed by atoms with Crippen molar-refractivity contribution in [3.05, 3.63) is 63.9 Å². The van der Waals surface area contributed by atoms with Crippen LogP contribution in [-0.2, 0) is 6.42 Å². The Bertz CT molecular complexity index is 603. The highest BCUT2D eigenvalue weighted by Crippen LogP contribution is 2.23. The molecule has 0 saturated heterocycles. The van der Waals surface area contributed by atoms with E-state index < -0.39 is 0 Å². The smallest absolute Gasteiger partial charge is 0.137 e. The summed E-state index contributed by atoms with van der Waals surface area (Å²) in [6, 6.07) is 12.7. The molecule has 0 saturated carbocycles. The second kappa shape index (κ2) is 7.57. The van der Waals surface area contributed by atoms with Crippen LogP contribution < -0.4 is 10.5 Å². The maximum absolute atomic E-state index is 13.2. The molecule has 2 aromatic carbocycles. The minimum atomic E-state index is -0.262. The largest absolute Gasteiger partial charge is 0.494 e. The monoisotopic (exact) mass is 351 g/mol. The number of hydrogen-bond acceptors (Lipinski definition) is 2. The molecule has 1 atom stereocenters. The second-order valence-electron chi connectivity index (χ2n) is 4.98. The number of halogens is 2. The number of benzene rings is 2. The van der Waals surface area contributed by atoms with Gasteiger partial charge in [-0.1, -0.05) is 25.1 Å². The summed E-state index contributed by atoms with van der Waals surface area (Å²) in [5.41, 5.74) is 8.26. The summed E-state index contributed by atoms with van der Waals surface area (Å²) in [5.74, 6) is 0.576. The number of ether oxygens (including phenoxy) is 1. The minimum Gasteiger partial charge on any atom is -0.494 e. The Morgan fingerprint density at radius 3 is 2.76 bits per heavy atom. The third-order valence-electron chi connectivity index (χ3n) is 3.20. The van der Waals surface area contributed by atoms with E-state index in [0.29, 0.717) is 17.5 Å². The Balaban J connectivity index is 2.08.